The highest BCUT2D eigenvalue weighted by atomic mass is 35.5. The Bertz CT molecular complexity index is 421. The van der Waals surface area contributed by atoms with E-state index in [1.54, 1.807) is 14.2 Å². The highest BCUT2D eigenvalue weighted by Gasteiger charge is 2.19. The molecule has 5 heteroatoms. The second kappa shape index (κ2) is 9.13. The third kappa shape index (κ3) is 4.77. The highest BCUT2D eigenvalue weighted by Crippen LogP contribution is 2.32. The zero-order valence-electron chi connectivity index (χ0n) is 13.2. The Hall–Kier alpha value is -0.970. The Morgan fingerprint density at radius 2 is 2.00 bits per heavy atom. The Morgan fingerprint density at radius 3 is 2.71 bits per heavy atom. The Morgan fingerprint density at radius 1 is 1.19 bits per heavy atom. The zero-order valence-corrected chi connectivity index (χ0v) is 14.0. The Balaban J connectivity index is 0.00000220. The van der Waals surface area contributed by atoms with Crippen LogP contribution in [-0.4, -0.2) is 45.3 Å². The van der Waals surface area contributed by atoms with Crippen LogP contribution in [0.15, 0.2) is 18.2 Å². The van der Waals surface area contributed by atoms with Crippen LogP contribution in [-0.2, 0) is 6.54 Å². The molecule has 1 fully saturated rings. The quantitative estimate of drug-likeness (QED) is 0.906. The van der Waals surface area contributed by atoms with Gasteiger partial charge in [-0.2, -0.15) is 0 Å². The molecule has 0 aliphatic carbocycles. The summed E-state index contributed by atoms with van der Waals surface area (Å²) in [6.07, 6.45) is 3.73. The van der Waals surface area contributed by atoms with E-state index in [-0.39, 0.29) is 12.4 Å². The van der Waals surface area contributed by atoms with Gasteiger partial charge in [0.2, 0.25) is 0 Å². The summed E-state index contributed by atoms with van der Waals surface area (Å²) in [6.45, 7) is 3.15. The number of hydrogen-bond donors (Lipinski definition) is 1. The van der Waals surface area contributed by atoms with E-state index in [0.29, 0.717) is 6.04 Å². The molecular formula is C16H27ClN2O2. The predicted molar refractivity (Wildman–Crippen MR) is 88.8 cm³/mol. The van der Waals surface area contributed by atoms with Crippen LogP contribution in [0.25, 0.3) is 0 Å². The second-order valence-electron chi connectivity index (χ2n) is 5.40. The monoisotopic (exact) mass is 314 g/mol. The minimum absolute atomic E-state index is 0. The molecule has 0 aromatic heterocycles. The lowest BCUT2D eigenvalue weighted by molar-refractivity contribution is 0.213. The van der Waals surface area contributed by atoms with Crippen LogP contribution < -0.4 is 14.8 Å². The number of ether oxygens (including phenoxy) is 2. The van der Waals surface area contributed by atoms with Crippen molar-refractivity contribution < 1.29 is 9.47 Å². The molecule has 0 radical (unpaired) electrons. The third-order valence-corrected chi connectivity index (χ3v) is 4.07. The fourth-order valence-electron chi connectivity index (χ4n) is 2.92. The van der Waals surface area contributed by atoms with Crippen LogP contribution in [0, 0.1) is 0 Å². The van der Waals surface area contributed by atoms with E-state index < -0.39 is 0 Å². The molecule has 1 heterocycles. The number of nitrogens with zero attached hydrogens (tertiary/aromatic N) is 1. The molecule has 1 aliphatic rings. The molecule has 1 saturated heterocycles. The standard InChI is InChI=1S/C16H26N2O2.ClH/c1-18(14-7-5-10-17-11-9-14)12-13-6-4-8-15(19-2)16(13)20-3;/h4,6,8,14,17H,5,7,9-12H2,1-3H3;1H. The van der Waals surface area contributed by atoms with E-state index >= 15 is 0 Å². The van der Waals surface area contributed by atoms with E-state index in [1.807, 2.05) is 12.1 Å². The van der Waals surface area contributed by atoms with Gasteiger partial charge >= 0.3 is 0 Å². The van der Waals surface area contributed by atoms with Crippen molar-refractivity contribution in [1.29, 1.82) is 0 Å². The largest absolute Gasteiger partial charge is 0.493 e. The average molecular weight is 315 g/mol. The molecule has 1 N–H and O–H groups in total. The number of halogens is 1. The van der Waals surface area contributed by atoms with Gasteiger partial charge in [-0.1, -0.05) is 12.1 Å². The van der Waals surface area contributed by atoms with E-state index in [9.17, 15) is 0 Å². The number of hydrogen-bond acceptors (Lipinski definition) is 4. The summed E-state index contributed by atoms with van der Waals surface area (Å²) in [6, 6.07) is 6.73. The van der Waals surface area contributed by atoms with Crippen molar-refractivity contribution in [2.24, 2.45) is 0 Å². The molecule has 1 unspecified atom stereocenters. The van der Waals surface area contributed by atoms with Gasteiger partial charge in [0.15, 0.2) is 11.5 Å². The number of rotatable bonds is 5. The van der Waals surface area contributed by atoms with Crippen molar-refractivity contribution >= 4 is 12.4 Å². The lowest BCUT2D eigenvalue weighted by atomic mass is 10.1. The zero-order chi connectivity index (χ0) is 14.4. The first-order valence-electron chi connectivity index (χ1n) is 7.37. The molecule has 1 aromatic rings. The van der Waals surface area contributed by atoms with Crippen molar-refractivity contribution in [3.63, 3.8) is 0 Å². The van der Waals surface area contributed by atoms with E-state index in [1.165, 1.54) is 24.8 Å². The van der Waals surface area contributed by atoms with Gasteiger partial charge in [0.1, 0.15) is 0 Å². The van der Waals surface area contributed by atoms with Crippen LogP contribution in [0.1, 0.15) is 24.8 Å². The molecule has 0 amide bonds. The molecule has 1 atom stereocenters. The minimum Gasteiger partial charge on any atom is -0.493 e. The van der Waals surface area contributed by atoms with Crippen LogP contribution in [0.4, 0.5) is 0 Å². The SMILES string of the molecule is COc1cccc(CN(C)C2CCCNCC2)c1OC.Cl. The average Bonchev–Trinajstić information content (AvgIpc) is 2.76. The van der Waals surface area contributed by atoms with Crippen LogP contribution in [0.5, 0.6) is 11.5 Å². The first-order chi connectivity index (χ1) is 9.76. The first kappa shape index (κ1) is 18.1. The number of methoxy groups -OCH3 is 2. The van der Waals surface area contributed by atoms with Gasteiger partial charge in [-0.3, -0.25) is 4.90 Å². The Kier molecular flexibility index (Phi) is 7.86. The summed E-state index contributed by atoms with van der Waals surface area (Å²) in [4.78, 5) is 2.43. The van der Waals surface area contributed by atoms with Gasteiger partial charge in [0.25, 0.3) is 0 Å². The third-order valence-electron chi connectivity index (χ3n) is 4.07. The fourth-order valence-corrected chi connectivity index (χ4v) is 2.92. The molecule has 0 spiro atoms. The van der Waals surface area contributed by atoms with Crippen molar-refractivity contribution in [2.75, 3.05) is 34.4 Å². The molecule has 4 nitrogen and oxygen atoms in total. The summed E-state index contributed by atoms with van der Waals surface area (Å²) in [5.41, 5.74) is 1.19. The van der Waals surface area contributed by atoms with Gasteiger partial charge in [-0.25, -0.2) is 0 Å². The normalized spacial score (nSPS) is 18.8. The summed E-state index contributed by atoms with van der Waals surface area (Å²) in [5.74, 6) is 1.66. The molecule has 1 aliphatic heterocycles. The molecular weight excluding hydrogens is 288 g/mol. The van der Waals surface area contributed by atoms with E-state index in [0.717, 1.165) is 31.1 Å². The predicted octanol–water partition coefficient (Wildman–Crippen LogP) is 2.70. The van der Waals surface area contributed by atoms with Gasteiger partial charge in [-0.15, -0.1) is 12.4 Å². The molecule has 120 valence electrons. The molecule has 1 aromatic carbocycles. The van der Waals surface area contributed by atoms with Crippen molar-refractivity contribution in [2.45, 2.75) is 31.8 Å². The summed E-state index contributed by atoms with van der Waals surface area (Å²) < 4.78 is 10.9. The number of nitrogens with one attached hydrogen (secondary N) is 1. The van der Waals surface area contributed by atoms with Gasteiger partial charge in [-0.05, 0) is 45.5 Å². The van der Waals surface area contributed by atoms with E-state index in [2.05, 4.69) is 23.3 Å². The lowest BCUT2D eigenvalue weighted by Crippen LogP contribution is -2.32. The topological polar surface area (TPSA) is 33.7 Å². The molecule has 0 bridgehead atoms. The molecule has 21 heavy (non-hydrogen) atoms. The molecule has 0 saturated carbocycles. The Labute approximate surface area is 134 Å². The van der Waals surface area contributed by atoms with Gasteiger partial charge in [0.05, 0.1) is 14.2 Å². The van der Waals surface area contributed by atoms with Gasteiger partial charge in [0, 0.05) is 18.2 Å². The maximum Gasteiger partial charge on any atom is 0.165 e. The minimum atomic E-state index is 0. The van der Waals surface area contributed by atoms with Crippen molar-refractivity contribution in [3.05, 3.63) is 23.8 Å². The summed E-state index contributed by atoms with van der Waals surface area (Å²) in [5, 5.41) is 3.47. The number of benzene rings is 1. The van der Waals surface area contributed by atoms with Crippen LogP contribution in [0.3, 0.4) is 0 Å². The highest BCUT2D eigenvalue weighted by molar-refractivity contribution is 5.85. The maximum atomic E-state index is 5.52. The fraction of sp³-hybridized carbons (Fsp3) is 0.625. The second-order valence-corrected chi connectivity index (χ2v) is 5.40. The van der Waals surface area contributed by atoms with Crippen molar-refractivity contribution in [1.82, 2.24) is 10.2 Å². The maximum absolute atomic E-state index is 5.52. The van der Waals surface area contributed by atoms with Gasteiger partial charge < -0.3 is 14.8 Å². The van der Waals surface area contributed by atoms with Crippen LogP contribution >= 0.6 is 12.4 Å². The van der Waals surface area contributed by atoms with Crippen LogP contribution in [0.2, 0.25) is 0 Å². The molecule has 2 rings (SSSR count). The smallest absolute Gasteiger partial charge is 0.165 e. The number of para-hydroxylation sites is 1. The summed E-state index contributed by atoms with van der Waals surface area (Å²) in [7, 11) is 5.59. The lowest BCUT2D eigenvalue weighted by Gasteiger charge is -2.27. The van der Waals surface area contributed by atoms with Crippen molar-refractivity contribution in [3.8, 4) is 11.5 Å². The van der Waals surface area contributed by atoms with E-state index in [4.69, 9.17) is 9.47 Å². The summed E-state index contributed by atoms with van der Waals surface area (Å²) >= 11 is 0. The first-order valence-corrected chi connectivity index (χ1v) is 7.37.